The molecule has 180 valence electrons. The lowest BCUT2D eigenvalue weighted by Gasteiger charge is -2.37. The van der Waals surface area contributed by atoms with E-state index in [0.29, 0.717) is 12.8 Å². The van der Waals surface area contributed by atoms with Crippen LogP contribution in [-0.4, -0.2) is 67.3 Å². The standard InChI is InChI=1S/C21H39N3O7/c1-6-7-11-30-20(29)21(9-8-10-22,31-13-16(25)26)17(19(28)23-5)24-18(27)15(4)12-14(2)3/h14-15,17H,6-13,22H2,1-5H3,(H,23,28)(H,24,27)(H,25,26)/t15-,17-,21+/m0/s1. The van der Waals surface area contributed by atoms with Gasteiger partial charge in [-0.1, -0.05) is 34.1 Å². The molecule has 10 nitrogen and oxygen atoms in total. The van der Waals surface area contributed by atoms with Crippen molar-refractivity contribution >= 4 is 23.8 Å². The van der Waals surface area contributed by atoms with Crippen LogP contribution in [0.4, 0.5) is 0 Å². The predicted octanol–water partition coefficient (Wildman–Crippen LogP) is 0.822. The Bertz CT molecular complexity index is 598. The van der Waals surface area contributed by atoms with Crippen LogP contribution in [0, 0.1) is 11.8 Å². The molecule has 0 rings (SSSR count). The van der Waals surface area contributed by atoms with Gasteiger partial charge in [-0.15, -0.1) is 0 Å². The zero-order chi connectivity index (χ0) is 24.0. The van der Waals surface area contributed by atoms with Crippen molar-refractivity contribution in [1.82, 2.24) is 10.6 Å². The summed E-state index contributed by atoms with van der Waals surface area (Å²) in [6.07, 6.45) is 2.06. The Balaban J connectivity index is 6.18. The zero-order valence-corrected chi connectivity index (χ0v) is 19.4. The number of carboxylic acids is 1. The summed E-state index contributed by atoms with van der Waals surface area (Å²) in [6.45, 7) is 6.96. The Morgan fingerprint density at radius 3 is 2.23 bits per heavy atom. The second-order valence-electron chi connectivity index (χ2n) is 8.04. The first-order valence-corrected chi connectivity index (χ1v) is 10.8. The van der Waals surface area contributed by atoms with Crippen molar-refractivity contribution in [3.63, 3.8) is 0 Å². The number of esters is 1. The van der Waals surface area contributed by atoms with Gasteiger partial charge in [-0.25, -0.2) is 9.59 Å². The molecule has 10 heteroatoms. The monoisotopic (exact) mass is 445 g/mol. The summed E-state index contributed by atoms with van der Waals surface area (Å²) < 4.78 is 10.9. The van der Waals surface area contributed by atoms with Gasteiger partial charge in [-0.05, 0) is 38.1 Å². The van der Waals surface area contributed by atoms with Crippen molar-refractivity contribution < 1.29 is 33.8 Å². The van der Waals surface area contributed by atoms with Gasteiger partial charge >= 0.3 is 11.9 Å². The number of aliphatic carboxylic acids is 1. The average Bonchev–Trinajstić information content (AvgIpc) is 2.71. The SMILES string of the molecule is CCCCOC(=O)[C@](CCCN)(OCC(=O)O)[C@@H](NC(=O)[C@@H](C)CC(C)C)C(=O)NC. The van der Waals surface area contributed by atoms with E-state index >= 15 is 0 Å². The van der Waals surface area contributed by atoms with E-state index in [0.717, 1.165) is 6.42 Å². The molecule has 0 fully saturated rings. The molecule has 0 bridgehead atoms. The van der Waals surface area contributed by atoms with Crippen LogP contribution in [0.2, 0.25) is 0 Å². The van der Waals surface area contributed by atoms with E-state index in [9.17, 15) is 19.2 Å². The highest BCUT2D eigenvalue weighted by Gasteiger charge is 2.52. The number of unbranched alkanes of at least 4 members (excludes halogenated alkanes) is 1. The van der Waals surface area contributed by atoms with Gasteiger partial charge in [0.05, 0.1) is 6.61 Å². The lowest BCUT2D eigenvalue weighted by Crippen LogP contribution is -2.65. The molecule has 2 amide bonds. The molecule has 0 aliphatic rings. The topological polar surface area (TPSA) is 157 Å². The maximum absolute atomic E-state index is 13.1. The van der Waals surface area contributed by atoms with Crippen molar-refractivity contribution in [2.45, 2.75) is 71.4 Å². The second-order valence-corrected chi connectivity index (χ2v) is 8.04. The van der Waals surface area contributed by atoms with E-state index in [1.165, 1.54) is 7.05 Å². The fraction of sp³-hybridized carbons (Fsp3) is 0.810. The number of nitrogens with one attached hydrogen (secondary N) is 2. The van der Waals surface area contributed by atoms with Crippen LogP contribution >= 0.6 is 0 Å². The minimum absolute atomic E-state index is 0.0777. The third-order valence-corrected chi connectivity index (χ3v) is 4.82. The number of amides is 2. The van der Waals surface area contributed by atoms with E-state index in [4.69, 9.17) is 20.3 Å². The van der Waals surface area contributed by atoms with E-state index in [2.05, 4.69) is 10.6 Å². The van der Waals surface area contributed by atoms with Crippen molar-refractivity contribution in [2.75, 3.05) is 26.8 Å². The zero-order valence-electron chi connectivity index (χ0n) is 19.4. The predicted molar refractivity (Wildman–Crippen MR) is 115 cm³/mol. The van der Waals surface area contributed by atoms with Gasteiger partial charge in [-0.2, -0.15) is 0 Å². The molecule has 0 heterocycles. The van der Waals surface area contributed by atoms with Gasteiger partial charge in [0.1, 0.15) is 12.6 Å². The molecule has 0 spiro atoms. The quantitative estimate of drug-likeness (QED) is 0.201. The summed E-state index contributed by atoms with van der Waals surface area (Å²) in [6, 6.07) is -1.49. The van der Waals surface area contributed by atoms with E-state index < -0.39 is 47.9 Å². The van der Waals surface area contributed by atoms with E-state index in [1.807, 2.05) is 20.8 Å². The van der Waals surface area contributed by atoms with Crippen molar-refractivity contribution in [2.24, 2.45) is 17.6 Å². The number of carbonyl (C=O) groups excluding carboxylic acids is 3. The Kier molecular flexibility index (Phi) is 13.7. The third-order valence-electron chi connectivity index (χ3n) is 4.82. The molecule has 0 radical (unpaired) electrons. The molecular weight excluding hydrogens is 406 g/mol. The van der Waals surface area contributed by atoms with Gasteiger partial charge < -0.3 is 30.9 Å². The summed E-state index contributed by atoms with van der Waals surface area (Å²) in [5.41, 5.74) is 3.59. The van der Waals surface area contributed by atoms with Gasteiger partial charge in [-0.3, -0.25) is 9.59 Å². The smallest absolute Gasteiger partial charge is 0.341 e. The molecular formula is C21H39N3O7. The average molecular weight is 446 g/mol. The van der Waals surface area contributed by atoms with Crippen LogP contribution in [0.25, 0.3) is 0 Å². The molecule has 0 saturated carbocycles. The Hall–Kier alpha value is -2.20. The maximum atomic E-state index is 13.1. The molecule has 0 aromatic heterocycles. The molecule has 5 N–H and O–H groups in total. The van der Waals surface area contributed by atoms with Crippen LogP contribution in [0.3, 0.4) is 0 Å². The first-order chi connectivity index (χ1) is 14.5. The molecule has 0 saturated heterocycles. The Labute approximate surface area is 184 Å². The third kappa shape index (κ3) is 9.65. The minimum atomic E-state index is -2.03. The molecule has 0 aromatic rings. The second kappa shape index (κ2) is 14.7. The fourth-order valence-corrected chi connectivity index (χ4v) is 3.20. The number of nitrogens with two attached hydrogens (primary N) is 1. The lowest BCUT2D eigenvalue weighted by atomic mass is 9.86. The van der Waals surface area contributed by atoms with Crippen molar-refractivity contribution in [3.8, 4) is 0 Å². The summed E-state index contributed by atoms with van der Waals surface area (Å²) in [4.78, 5) is 50.0. The summed E-state index contributed by atoms with van der Waals surface area (Å²) in [5.74, 6) is -3.56. The highest BCUT2D eigenvalue weighted by molar-refractivity contribution is 5.96. The Morgan fingerprint density at radius 2 is 1.74 bits per heavy atom. The van der Waals surface area contributed by atoms with Gasteiger partial charge in [0.25, 0.3) is 0 Å². The van der Waals surface area contributed by atoms with Gasteiger partial charge in [0, 0.05) is 13.0 Å². The van der Waals surface area contributed by atoms with Crippen LogP contribution < -0.4 is 16.4 Å². The summed E-state index contributed by atoms with van der Waals surface area (Å²) in [5, 5.41) is 14.2. The number of rotatable bonds is 16. The normalized spacial score (nSPS) is 14.9. The van der Waals surface area contributed by atoms with Gasteiger partial charge in [0.2, 0.25) is 11.8 Å². The molecule has 0 unspecified atom stereocenters. The fourth-order valence-electron chi connectivity index (χ4n) is 3.20. The number of carbonyl (C=O) groups is 4. The minimum Gasteiger partial charge on any atom is -0.480 e. The summed E-state index contributed by atoms with van der Waals surface area (Å²) >= 11 is 0. The number of hydrogen-bond acceptors (Lipinski definition) is 7. The molecule has 0 aliphatic carbocycles. The first-order valence-electron chi connectivity index (χ1n) is 10.8. The molecule has 0 aliphatic heterocycles. The van der Waals surface area contributed by atoms with Crippen molar-refractivity contribution in [3.05, 3.63) is 0 Å². The molecule has 31 heavy (non-hydrogen) atoms. The summed E-state index contributed by atoms with van der Waals surface area (Å²) in [7, 11) is 1.35. The van der Waals surface area contributed by atoms with Crippen LogP contribution in [-0.2, 0) is 28.7 Å². The molecule has 0 aromatic carbocycles. The number of likely N-dealkylation sites (N-methyl/N-ethyl adjacent to an activating group) is 1. The highest BCUT2D eigenvalue weighted by Crippen LogP contribution is 2.27. The Morgan fingerprint density at radius 1 is 1.10 bits per heavy atom. The number of hydrogen-bond donors (Lipinski definition) is 4. The van der Waals surface area contributed by atoms with Crippen LogP contribution in [0.1, 0.15) is 59.8 Å². The number of ether oxygens (including phenoxy) is 2. The van der Waals surface area contributed by atoms with Gasteiger partial charge in [0.15, 0.2) is 5.60 Å². The largest absolute Gasteiger partial charge is 0.480 e. The van der Waals surface area contributed by atoms with E-state index in [-0.39, 0.29) is 31.9 Å². The molecule has 3 atom stereocenters. The van der Waals surface area contributed by atoms with Crippen LogP contribution in [0.15, 0.2) is 0 Å². The highest BCUT2D eigenvalue weighted by atomic mass is 16.6. The number of carboxylic acid groups (broad SMARTS) is 1. The lowest BCUT2D eigenvalue weighted by molar-refractivity contribution is -0.185. The van der Waals surface area contributed by atoms with E-state index in [1.54, 1.807) is 6.92 Å². The van der Waals surface area contributed by atoms with Crippen LogP contribution in [0.5, 0.6) is 0 Å². The first kappa shape index (κ1) is 28.8. The van der Waals surface area contributed by atoms with Crippen molar-refractivity contribution in [1.29, 1.82) is 0 Å². The maximum Gasteiger partial charge on any atom is 0.341 e.